The summed E-state index contributed by atoms with van der Waals surface area (Å²) in [6, 6.07) is 0.407. The summed E-state index contributed by atoms with van der Waals surface area (Å²) >= 11 is 0. The summed E-state index contributed by atoms with van der Waals surface area (Å²) in [5.41, 5.74) is 4.61. The molecule has 0 atom stereocenters. The van der Waals surface area contributed by atoms with E-state index in [2.05, 4.69) is 27.2 Å². The molecular formula is C29H39N5O3. The summed E-state index contributed by atoms with van der Waals surface area (Å²) < 4.78 is 0. The molecular weight excluding hydrogens is 466 g/mol. The van der Waals surface area contributed by atoms with Crippen molar-refractivity contribution >= 4 is 30.0 Å². The number of imidazole rings is 1. The number of carboxylic acid groups (broad SMARTS) is 1. The zero-order chi connectivity index (χ0) is 26.2. The van der Waals surface area contributed by atoms with E-state index in [0.717, 1.165) is 73.0 Å². The number of aromatic amines is 1. The summed E-state index contributed by atoms with van der Waals surface area (Å²) in [6.45, 7) is 8.09. The number of carboxylic acids is 1. The van der Waals surface area contributed by atoms with E-state index < -0.39 is 5.97 Å². The van der Waals surface area contributed by atoms with Gasteiger partial charge in [0.15, 0.2) is 0 Å². The van der Waals surface area contributed by atoms with E-state index in [1.807, 2.05) is 42.2 Å². The minimum Gasteiger partial charge on any atom is -0.481 e. The molecule has 2 heterocycles. The third-order valence-electron chi connectivity index (χ3n) is 7.47. The van der Waals surface area contributed by atoms with Crippen LogP contribution in [0.15, 0.2) is 47.7 Å². The smallest absolute Gasteiger partial charge is 0.307 e. The fourth-order valence-corrected chi connectivity index (χ4v) is 5.54. The summed E-state index contributed by atoms with van der Waals surface area (Å²) in [6.07, 6.45) is 17.8. The zero-order valence-corrected chi connectivity index (χ0v) is 21.8. The Hall–Kier alpha value is -3.39. The second-order valence-corrected chi connectivity index (χ2v) is 10.0. The topological polar surface area (TPSA) is 110 Å². The quantitative estimate of drug-likeness (QED) is 0.319. The highest BCUT2D eigenvalue weighted by Gasteiger charge is 2.28. The normalized spacial score (nSPS) is 22.1. The fraction of sp³-hybridized carbons (Fsp3) is 0.483. The van der Waals surface area contributed by atoms with Crippen molar-refractivity contribution in [3.05, 3.63) is 59.1 Å². The maximum atomic E-state index is 12.9. The molecule has 0 unspecified atom stereocenters. The van der Waals surface area contributed by atoms with Crippen molar-refractivity contribution in [2.75, 3.05) is 25.0 Å². The summed E-state index contributed by atoms with van der Waals surface area (Å²) in [5, 5.41) is 16.4. The third-order valence-corrected chi connectivity index (χ3v) is 7.47. The second-order valence-electron chi connectivity index (χ2n) is 10.0. The van der Waals surface area contributed by atoms with Crippen molar-refractivity contribution < 1.29 is 14.7 Å². The van der Waals surface area contributed by atoms with Gasteiger partial charge in [0, 0.05) is 31.2 Å². The Morgan fingerprint density at radius 2 is 2.11 bits per heavy atom. The molecule has 1 fully saturated rings. The highest BCUT2D eigenvalue weighted by atomic mass is 16.4. The predicted molar refractivity (Wildman–Crippen MR) is 148 cm³/mol. The van der Waals surface area contributed by atoms with Gasteiger partial charge >= 0.3 is 5.97 Å². The van der Waals surface area contributed by atoms with E-state index >= 15 is 0 Å². The molecule has 0 bridgehead atoms. The number of carbonyl (C=O) groups excluding carboxylic acids is 1. The number of hydrogen-bond acceptors (Lipinski definition) is 5. The first-order chi connectivity index (χ1) is 18.0. The second kappa shape index (κ2) is 12.7. The molecule has 3 aliphatic rings. The number of anilines is 1. The number of nitrogens with one attached hydrogen (secondary N) is 3. The van der Waals surface area contributed by atoms with Crippen LogP contribution in [0.2, 0.25) is 0 Å². The van der Waals surface area contributed by atoms with Crippen LogP contribution in [-0.2, 0) is 9.59 Å². The van der Waals surface area contributed by atoms with Crippen molar-refractivity contribution in [3.8, 4) is 0 Å². The molecule has 0 spiro atoms. The number of fused-ring (bicyclic) bond motifs is 1. The number of rotatable bonds is 11. The standard InChI is InChI=1S/C29H39N5O3/c1-3-7-25-24(4-2)32-29(33-25)31-22-13-10-20(11-14-22)19-30-16-17-34-26-9-6-5-8-23(26)21(18-28(36)37)12-15-27(34)35/h3-7,9,20,22,30H,2,8,10-19H2,1H3,(H,36,37)(H2,31,32,33)/b7-3-. The van der Waals surface area contributed by atoms with Gasteiger partial charge < -0.3 is 25.6 Å². The number of aliphatic carboxylic acids is 1. The van der Waals surface area contributed by atoms with Crippen LogP contribution >= 0.6 is 0 Å². The van der Waals surface area contributed by atoms with Gasteiger partial charge in [-0.1, -0.05) is 30.4 Å². The highest BCUT2D eigenvalue weighted by molar-refractivity contribution is 5.82. The van der Waals surface area contributed by atoms with Crippen LogP contribution in [0, 0.1) is 5.92 Å². The lowest BCUT2D eigenvalue weighted by atomic mass is 9.86. The van der Waals surface area contributed by atoms with Gasteiger partial charge in [0.25, 0.3) is 0 Å². The zero-order valence-electron chi connectivity index (χ0n) is 21.8. The van der Waals surface area contributed by atoms with Crippen LogP contribution in [0.25, 0.3) is 12.2 Å². The number of carbonyl (C=O) groups is 2. The molecule has 8 nitrogen and oxygen atoms in total. The third kappa shape index (κ3) is 6.89. The Morgan fingerprint density at radius 1 is 1.30 bits per heavy atom. The van der Waals surface area contributed by atoms with E-state index in [0.29, 0.717) is 37.8 Å². The first kappa shape index (κ1) is 26.7. The molecule has 1 aromatic rings. The fourth-order valence-electron chi connectivity index (χ4n) is 5.54. The molecule has 1 saturated carbocycles. The van der Waals surface area contributed by atoms with E-state index in [4.69, 9.17) is 0 Å². The minimum atomic E-state index is -0.840. The number of hydrogen-bond donors (Lipinski definition) is 4. The van der Waals surface area contributed by atoms with Gasteiger partial charge in [-0.2, -0.15) is 0 Å². The number of amides is 1. The first-order valence-corrected chi connectivity index (χ1v) is 13.4. The molecule has 1 aromatic heterocycles. The van der Waals surface area contributed by atoms with Gasteiger partial charge in [-0.05, 0) is 81.7 Å². The molecule has 2 aliphatic carbocycles. The van der Waals surface area contributed by atoms with Crippen molar-refractivity contribution in [1.29, 1.82) is 0 Å². The van der Waals surface area contributed by atoms with Crippen LogP contribution in [-0.4, -0.2) is 57.5 Å². The highest BCUT2D eigenvalue weighted by Crippen LogP contribution is 2.33. The molecule has 198 valence electrons. The number of aromatic nitrogens is 2. The van der Waals surface area contributed by atoms with Crippen LogP contribution in [0.4, 0.5) is 5.95 Å². The maximum Gasteiger partial charge on any atom is 0.307 e. The average molecular weight is 506 g/mol. The molecule has 1 amide bonds. The lowest BCUT2D eigenvalue weighted by Crippen LogP contribution is -2.38. The molecule has 1 aliphatic heterocycles. The predicted octanol–water partition coefficient (Wildman–Crippen LogP) is 4.88. The van der Waals surface area contributed by atoms with Gasteiger partial charge in [-0.15, -0.1) is 0 Å². The van der Waals surface area contributed by atoms with Crippen molar-refractivity contribution in [2.45, 2.75) is 64.3 Å². The monoisotopic (exact) mass is 505 g/mol. The Kier molecular flexibility index (Phi) is 9.17. The Labute approximate surface area is 219 Å². The maximum absolute atomic E-state index is 12.9. The van der Waals surface area contributed by atoms with Gasteiger partial charge in [0.05, 0.1) is 17.8 Å². The van der Waals surface area contributed by atoms with E-state index in [-0.39, 0.29) is 12.3 Å². The lowest BCUT2D eigenvalue weighted by molar-refractivity contribution is -0.136. The first-order valence-electron chi connectivity index (χ1n) is 13.4. The molecule has 0 radical (unpaired) electrons. The van der Waals surface area contributed by atoms with E-state index in [9.17, 15) is 14.7 Å². The van der Waals surface area contributed by atoms with Crippen LogP contribution in [0.1, 0.15) is 69.7 Å². The SMILES string of the molecule is C=Cc1[nH]c(NC2CCC(CNCCN3C(=O)CCC(CC(=O)O)=C4CC=CC=C43)CC2)nc1/C=C\C. The van der Waals surface area contributed by atoms with Gasteiger partial charge in [-0.25, -0.2) is 4.98 Å². The summed E-state index contributed by atoms with van der Waals surface area (Å²) in [5.74, 6) is 0.653. The lowest BCUT2D eigenvalue weighted by Gasteiger charge is -2.30. The van der Waals surface area contributed by atoms with Crippen molar-refractivity contribution in [1.82, 2.24) is 20.2 Å². The summed E-state index contributed by atoms with van der Waals surface area (Å²) in [4.78, 5) is 34.0. The van der Waals surface area contributed by atoms with E-state index in [1.54, 1.807) is 6.08 Å². The molecule has 0 aromatic carbocycles. The molecule has 37 heavy (non-hydrogen) atoms. The van der Waals surface area contributed by atoms with Crippen LogP contribution in [0.5, 0.6) is 0 Å². The van der Waals surface area contributed by atoms with Crippen molar-refractivity contribution in [3.63, 3.8) is 0 Å². The Morgan fingerprint density at radius 3 is 2.84 bits per heavy atom. The Balaban J connectivity index is 1.23. The average Bonchev–Trinajstić information content (AvgIpc) is 3.22. The van der Waals surface area contributed by atoms with Crippen LogP contribution < -0.4 is 10.6 Å². The Bertz CT molecular complexity index is 1120. The molecule has 4 rings (SSSR count). The van der Waals surface area contributed by atoms with Gasteiger partial charge in [0.2, 0.25) is 11.9 Å². The molecule has 0 saturated heterocycles. The van der Waals surface area contributed by atoms with Gasteiger partial charge in [0.1, 0.15) is 0 Å². The van der Waals surface area contributed by atoms with Crippen LogP contribution in [0.3, 0.4) is 0 Å². The summed E-state index contributed by atoms with van der Waals surface area (Å²) in [7, 11) is 0. The molecule has 4 N–H and O–H groups in total. The van der Waals surface area contributed by atoms with Gasteiger partial charge in [-0.3, -0.25) is 9.59 Å². The number of nitrogens with zero attached hydrogens (tertiary/aromatic N) is 2. The number of H-pyrrole nitrogens is 1. The minimum absolute atomic E-state index is 0.00368. The van der Waals surface area contributed by atoms with E-state index in [1.165, 1.54) is 0 Å². The largest absolute Gasteiger partial charge is 0.481 e. The van der Waals surface area contributed by atoms with Crippen molar-refractivity contribution in [2.24, 2.45) is 5.92 Å². The number of allylic oxidation sites excluding steroid dienone is 5. The molecule has 8 heteroatoms.